The van der Waals surface area contributed by atoms with Gasteiger partial charge in [0.05, 0.1) is 0 Å². The molecule has 0 bridgehead atoms. The maximum absolute atomic E-state index is 10.6. The van der Waals surface area contributed by atoms with Gasteiger partial charge >= 0.3 is 5.97 Å². The Labute approximate surface area is 67.9 Å². The highest BCUT2D eigenvalue weighted by Crippen LogP contribution is 2.28. The molecule has 1 fully saturated rings. The Kier molecular flexibility index (Phi) is 2.31. The highest BCUT2D eigenvalue weighted by molar-refractivity contribution is 9.10. The summed E-state index contributed by atoms with van der Waals surface area (Å²) in [5, 5.41) is 11.8. The van der Waals surface area contributed by atoms with Gasteiger partial charge in [-0.2, -0.15) is 0 Å². The van der Waals surface area contributed by atoms with Crippen molar-refractivity contribution in [2.75, 3.05) is 13.1 Å². The maximum Gasteiger partial charge on any atom is 0.320 e. The van der Waals surface area contributed by atoms with Crippen molar-refractivity contribution in [3.63, 3.8) is 0 Å². The van der Waals surface area contributed by atoms with Crippen LogP contribution in [0.15, 0.2) is 0 Å². The number of carboxylic acid groups (broad SMARTS) is 1. The molecule has 1 saturated heterocycles. The van der Waals surface area contributed by atoms with Crippen molar-refractivity contribution < 1.29 is 9.90 Å². The lowest BCUT2D eigenvalue weighted by Gasteiger charge is -2.27. The lowest BCUT2D eigenvalue weighted by atomic mass is 9.98. The summed E-state index contributed by atoms with van der Waals surface area (Å²) in [6.45, 7) is 1.58. The van der Waals surface area contributed by atoms with Crippen molar-refractivity contribution in [2.45, 2.75) is 17.2 Å². The largest absolute Gasteiger partial charge is 0.480 e. The van der Waals surface area contributed by atoms with Gasteiger partial charge in [-0.25, -0.2) is 0 Å². The van der Waals surface area contributed by atoms with Crippen LogP contribution in [0.4, 0.5) is 0 Å². The summed E-state index contributed by atoms with van der Waals surface area (Å²) in [5.74, 6) is -0.742. The van der Waals surface area contributed by atoms with Gasteiger partial charge in [-0.3, -0.25) is 4.79 Å². The van der Waals surface area contributed by atoms with Crippen LogP contribution in [0.3, 0.4) is 0 Å². The summed E-state index contributed by atoms with van der Waals surface area (Å²) in [4.78, 5) is 10.6. The number of halogens is 1. The Morgan fingerprint density at radius 1 is 1.50 bits per heavy atom. The number of hydrogen-bond acceptors (Lipinski definition) is 2. The molecule has 1 heterocycles. The average molecular weight is 208 g/mol. The predicted molar refractivity (Wildman–Crippen MR) is 41.4 cm³/mol. The molecule has 0 radical (unpaired) electrons. The molecule has 0 aromatic rings. The third-order valence-corrected chi connectivity index (χ3v) is 2.91. The van der Waals surface area contributed by atoms with E-state index >= 15 is 0 Å². The SMILES string of the molecule is O=C(O)C1(Br)CCNCC1. The monoisotopic (exact) mass is 207 g/mol. The van der Waals surface area contributed by atoms with E-state index in [1.54, 1.807) is 0 Å². The second-order valence-corrected chi connectivity index (χ2v) is 4.04. The number of alkyl halides is 1. The molecule has 0 aromatic heterocycles. The molecule has 0 amide bonds. The highest BCUT2D eigenvalue weighted by Gasteiger charge is 2.36. The fourth-order valence-corrected chi connectivity index (χ4v) is 1.43. The van der Waals surface area contributed by atoms with Crippen LogP contribution in [0.25, 0.3) is 0 Å². The summed E-state index contributed by atoms with van der Waals surface area (Å²) >= 11 is 3.22. The molecule has 4 heteroatoms. The first-order valence-corrected chi connectivity index (χ1v) is 4.07. The molecule has 0 aliphatic carbocycles. The van der Waals surface area contributed by atoms with Gasteiger partial charge in [-0.15, -0.1) is 0 Å². The number of carbonyl (C=O) groups is 1. The number of rotatable bonds is 1. The van der Waals surface area contributed by atoms with Crippen LogP contribution in [-0.4, -0.2) is 28.5 Å². The molecular formula is C6H10BrNO2. The van der Waals surface area contributed by atoms with Crippen LogP contribution < -0.4 is 5.32 Å². The van der Waals surface area contributed by atoms with Crippen LogP contribution in [0, 0.1) is 0 Å². The fraction of sp³-hybridized carbons (Fsp3) is 0.833. The Morgan fingerprint density at radius 3 is 2.30 bits per heavy atom. The maximum atomic E-state index is 10.6. The van der Waals surface area contributed by atoms with Gasteiger partial charge in [0.15, 0.2) is 0 Å². The Hall–Kier alpha value is -0.0900. The van der Waals surface area contributed by atoms with E-state index in [-0.39, 0.29) is 0 Å². The number of aliphatic carboxylic acids is 1. The van der Waals surface area contributed by atoms with Gasteiger partial charge in [0.1, 0.15) is 4.32 Å². The van der Waals surface area contributed by atoms with E-state index < -0.39 is 10.3 Å². The van der Waals surface area contributed by atoms with Crippen LogP contribution in [0.2, 0.25) is 0 Å². The number of carboxylic acids is 1. The molecule has 1 aliphatic rings. The van der Waals surface area contributed by atoms with Gasteiger partial charge in [0, 0.05) is 0 Å². The Balaban J connectivity index is 2.56. The van der Waals surface area contributed by atoms with Gasteiger partial charge in [-0.1, -0.05) is 15.9 Å². The third-order valence-electron chi connectivity index (χ3n) is 1.78. The summed E-state index contributed by atoms with van der Waals surface area (Å²) in [7, 11) is 0. The highest BCUT2D eigenvalue weighted by atomic mass is 79.9. The van der Waals surface area contributed by atoms with Gasteiger partial charge in [0.25, 0.3) is 0 Å². The second-order valence-electron chi connectivity index (χ2n) is 2.52. The minimum Gasteiger partial charge on any atom is -0.480 e. The molecule has 0 atom stereocenters. The lowest BCUT2D eigenvalue weighted by Crippen LogP contribution is -2.43. The normalized spacial score (nSPS) is 24.1. The molecule has 3 nitrogen and oxygen atoms in total. The molecule has 2 N–H and O–H groups in total. The Bertz CT molecular complexity index is 143. The summed E-state index contributed by atoms with van der Waals surface area (Å²) in [5.41, 5.74) is 0. The van der Waals surface area contributed by atoms with Gasteiger partial charge < -0.3 is 10.4 Å². The molecule has 1 rings (SSSR count). The van der Waals surface area contributed by atoms with Crippen molar-refractivity contribution >= 4 is 21.9 Å². The van der Waals surface area contributed by atoms with Gasteiger partial charge in [0.2, 0.25) is 0 Å². The number of nitrogens with one attached hydrogen (secondary N) is 1. The molecule has 0 spiro atoms. The minimum absolute atomic E-state index is 0.655. The molecule has 0 aromatic carbocycles. The van der Waals surface area contributed by atoms with E-state index in [1.165, 1.54) is 0 Å². The van der Waals surface area contributed by atoms with E-state index in [2.05, 4.69) is 21.2 Å². The predicted octanol–water partition coefficient (Wildman–Crippen LogP) is 0.588. The molecule has 58 valence electrons. The topological polar surface area (TPSA) is 49.3 Å². The Morgan fingerprint density at radius 2 is 2.00 bits per heavy atom. The van der Waals surface area contributed by atoms with E-state index in [4.69, 9.17) is 5.11 Å². The van der Waals surface area contributed by atoms with Crippen molar-refractivity contribution in [1.29, 1.82) is 0 Å². The zero-order valence-corrected chi connectivity index (χ0v) is 7.15. The molecule has 10 heavy (non-hydrogen) atoms. The van der Waals surface area contributed by atoms with Crippen LogP contribution >= 0.6 is 15.9 Å². The van der Waals surface area contributed by atoms with E-state index in [0.717, 1.165) is 13.1 Å². The first-order chi connectivity index (χ1) is 4.65. The average Bonchev–Trinajstić information content (AvgIpc) is 1.89. The van der Waals surface area contributed by atoms with Gasteiger partial charge in [-0.05, 0) is 25.9 Å². The van der Waals surface area contributed by atoms with Crippen molar-refractivity contribution in [3.05, 3.63) is 0 Å². The van der Waals surface area contributed by atoms with Crippen molar-refractivity contribution in [3.8, 4) is 0 Å². The first kappa shape index (κ1) is 8.01. The molecular weight excluding hydrogens is 198 g/mol. The smallest absolute Gasteiger partial charge is 0.320 e. The quantitative estimate of drug-likeness (QED) is 0.620. The van der Waals surface area contributed by atoms with Crippen LogP contribution in [-0.2, 0) is 4.79 Å². The lowest BCUT2D eigenvalue weighted by molar-refractivity contribution is -0.140. The third kappa shape index (κ3) is 1.49. The van der Waals surface area contributed by atoms with Crippen LogP contribution in [0.5, 0.6) is 0 Å². The molecule has 1 aliphatic heterocycles. The standard InChI is InChI=1S/C6H10BrNO2/c7-6(5(9)10)1-3-8-4-2-6/h8H,1-4H2,(H,9,10). The zero-order valence-electron chi connectivity index (χ0n) is 5.56. The molecule has 0 unspecified atom stereocenters. The molecule has 0 saturated carbocycles. The number of piperidine rings is 1. The van der Waals surface area contributed by atoms with E-state index in [0.29, 0.717) is 12.8 Å². The number of hydrogen-bond donors (Lipinski definition) is 2. The summed E-state index contributed by atoms with van der Waals surface area (Å²) in [6, 6.07) is 0. The van der Waals surface area contributed by atoms with E-state index in [9.17, 15) is 4.79 Å². The van der Waals surface area contributed by atoms with Crippen molar-refractivity contribution in [2.24, 2.45) is 0 Å². The second kappa shape index (κ2) is 2.88. The zero-order chi connectivity index (χ0) is 7.61. The van der Waals surface area contributed by atoms with E-state index in [1.807, 2.05) is 0 Å². The first-order valence-electron chi connectivity index (χ1n) is 3.28. The fourth-order valence-electron chi connectivity index (χ4n) is 1.04. The summed E-state index contributed by atoms with van der Waals surface area (Å²) < 4.78 is -0.655. The summed E-state index contributed by atoms with van der Waals surface area (Å²) in [6.07, 6.45) is 1.34. The van der Waals surface area contributed by atoms with Crippen molar-refractivity contribution in [1.82, 2.24) is 5.32 Å². The van der Waals surface area contributed by atoms with Crippen LogP contribution in [0.1, 0.15) is 12.8 Å². The minimum atomic E-state index is -0.742.